The van der Waals surface area contributed by atoms with Crippen LogP contribution in [-0.4, -0.2) is 16.5 Å². The molecule has 0 amide bonds. The largest absolute Gasteiger partial charge is 0.278 e. The molecular weight excluding hydrogens is 227 g/mol. The molecule has 0 spiro atoms. The van der Waals surface area contributed by atoms with E-state index < -0.39 is 0 Å². The van der Waals surface area contributed by atoms with Gasteiger partial charge in [0.2, 0.25) is 0 Å². The molecule has 0 aromatic carbocycles. The number of hydrogen-bond acceptors (Lipinski definition) is 2. The van der Waals surface area contributed by atoms with E-state index in [-0.39, 0.29) is 11.2 Å². The van der Waals surface area contributed by atoms with Crippen LogP contribution in [0.4, 0.5) is 4.39 Å². The van der Waals surface area contributed by atoms with Crippen molar-refractivity contribution >= 4 is 17.5 Å². The van der Waals surface area contributed by atoms with Crippen molar-refractivity contribution in [2.45, 2.75) is 13.3 Å². The summed E-state index contributed by atoms with van der Waals surface area (Å²) in [5, 5.41) is 4.04. The fourth-order valence-electron chi connectivity index (χ4n) is 2.24. The molecule has 0 radical (unpaired) electrons. The van der Waals surface area contributed by atoms with Crippen molar-refractivity contribution < 1.29 is 9.26 Å². The average molecular weight is 237 g/mol. The van der Waals surface area contributed by atoms with Gasteiger partial charge in [0, 0.05) is 15.4 Å². The summed E-state index contributed by atoms with van der Waals surface area (Å²) in [5.74, 6) is 0.113. The smallest absolute Gasteiger partial charge is 0.207 e. The molecule has 1 atom stereocenters. The zero-order valence-electron chi connectivity index (χ0n) is 8.74. The highest BCUT2D eigenvalue weighted by Gasteiger charge is 2.46. The minimum Gasteiger partial charge on any atom is -0.207 e. The van der Waals surface area contributed by atoms with Gasteiger partial charge >= 0.3 is 0 Å². The number of halogens is 1. The molecule has 0 aromatic rings. The van der Waals surface area contributed by atoms with E-state index in [0.717, 1.165) is 16.2 Å². The molecule has 16 heavy (non-hydrogen) atoms. The Morgan fingerprint density at radius 2 is 2.38 bits per heavy atom. The van der Waals surface area contributed by atoms with E-state index in [1.807, 2.05) is 13.0 Å². The van der Waals surface area contributed by atoms with Crippen LogP contribution in [0.2, 0.25) is 0 Å². The van der Waals surface area contributed by atoms with Crippen LogP contribution in [0.3, 0.4) is 0 Å². The average Bonchev–Trinajstić information content (AvgIpc) is 2.52. The lowest BCUT2D eigenvalue weighted by Crippen LogP contribution is -2.29. The first-order valence-corrected chi connectivity index (χ1v) is 6.04. The maximum Gasteiger partial charge on any atom is 0.278 e. The summed E-state index contributed by atoms with van der Waals surface area (Å²) >= 11 is 1.47. The second-order valence-corrected chi connectivity index (χ2v) is 5.29. The van der Waals surface area contributed by atoms with Gasteiger partial charge in [0.25, 0.3) is 5.88 Å². The standard InChI is InChI=1S/C11H10FN2OS/c1-11-3-2-8(12)4-7(11)5-9-10(11)13-14(15)6-16-9/h2,4-5H,3,6H2,1H3/q+1. The molecule has 3 nitrogen and oxygen atoms in total. The Morgan fingerprint density at radius 3 is 3.19 bits per heavy atom. The van der Waals surface area contributed by atoms with Crippen LogP contribution in [0.15, 0.2) is 39.6 Å². The van der Waals surface area contributed by atoms with Gasteiger partial charge < -0.3 is 0 Å². The number of nitrogens with zero attached hydrogens (tertiary/aromatic N) is 2. The number of rotatable bonds is 0. The quantitative estimate of drug-likeness (QED) is 0.607. The fraction of sp³-hybridized carbons (Fsp3) is 0.364. The normalized spacial score (nSPS) is 32.2. The second-order valence-electron chi connectivity index (χ2n) is 4.31. The summed E-state index contributed by atoms with van der Waals surface area (Å²) in [6, 6.07) is 0. The molecule has 1 aliphatic heterocycles. The lowest BCUT2D eigenvalue weighted by molar-refractivity contribution is -0.535. The number of thioether (sulfide) groups is 1. The summed E-state index contributed by atoms with van der Waals surface area (Å²) in [5.41, 5.74) is 1.39. The number of fused-ring (bicyclic) bond motifs is 3. The van der Waals surface area contributed by atoms with Crippen LogP contribution in [0.5, 0.6) is 0 Å². The minimum atomic E-state index is -0.318. The molecule has 0 aromatic heterocycles. The molecule has 1 unspecified atom stereocenters. The molecule has 5 heteroatoms. The monoisotopic (exact) mass is 237 g/mol. The van der Waals surface area contributed by atoms with Crippen LogP contribution in [0, 0.1) is 10.3 Å². The van der Waals surface area contributed by atoms with Gasteiger partial charge in [-0.1, -0.05) is 0 Å². The van der Waals surface area contributed by atoms with Crippen LogP contribution in [0.1, 0.15) is 13.3 Å². The van der Waals surface area contributed by atoms with Crippen molar-refractivity contribution in [3.8, 4) is 0 Å². The van der Waals surface area contributed by atoms with Crippen LogP contribution >= 0.6 is 11.8 Å². The Kier molecular flexibility index (Phi) is 1.95. The van der Waals surface area contributed by atoms with Gasteiger partial charge in [0.05, 0.1) is 4.91 Å². The van der Waals surface area contributed by atoms with Crippen LogP contribution in [0.25, 0.3) is 0 Å². The van der Waals surface area contributed by atoms with Gasteiger partial charge in [-0.25, -0.2) is 4.39 Å². The first kappa shape index (κ1) is 9.96. The second kappa shape index (κ2) is 3.13. The molecule has 1 heterocycles. The first-order chi connectivity index (χ1) is 7.59. The third-order valence-corrected chi connectivity index (χ3v) is 4.19. The van der Waals surface area contributed by atoms with Gasteiger partial charge in [0.1, 0.15) is 11.5 Å². The molecular formula is C11H10FN2OS+. The third-order valence-electron chi connectivity index (χ3n) is 3.22. The maximum atomic E-state index is 13.2. The number of hydrogen-bond donors (Lipinski definition) is 0. The SMILES string of the molecule is CC12CC=C(F)C=C1C=C1SC[N+](=O)N=C12. The van der Waals surface area contributed by atoms with E-state index in [2.05, 4.69) is 5.10 Å². The van der Waals surface area contributed by atoms with Gasteiger partial charge in [-0.15, -0.1) is 0 Å². The van der Waals surface area contributed by atoms with Gasteiger partial charge in [0.15, 0.2) is 4.87 Å². The lowest BCUT2D eigenvalue weighted by Gasteiger charge is -2.27. The van der Waals surface area contributed by atoms with Crippen molar-refractivity contribution in [3.05, 3.63) is 39.4 Å². The Hall–Kier alpha value is -1.23. The molecule has 0 bridgehead atoms. The van der Waals surface area contributed by atoms with Crippen molar-refractivity contribution in [1.82, 2.24) is 0 Å². The third kappa shape index (κ3) is 1.24. The number of allylic oxidation sites excluding steroid dienone is 6. The molecule has 3 aliphatic rings. The van der Waals surface area contributed by atoms with E-state index in [0.29, 0.717) is 17.2 Å². The topological polar surface area (TPSA) is 32.4 Å². The molecule has 2 aliphatic carbocycles. The molecule has 3 rings (SSSR count). The zero-order valence-corrected chi connectivity index (χ0v) is 9.55. The van der Waals surface area contributed by atoms with Crippen molar-refractivity contribution in [2.75, 3.05) is 5.88 Å². The van der Waals surface area contributed by atoms with Crippen molar-refractivity contribution in [1.29, 1.82) is 0 Å². The first-order valence-electron chi connectivity index (χ1n) is 5.06. The molecule has 0 fully saturated rings. The predicted molar refractivity (Wildman–Crippen MR) is 61.6 cm³/mol. The summed E-state index contributed by atoms with van der Waals surface area (Å²) in [6.45, 7) is 2.00. The van der Waals surface area contributed by atoms with Crippen molar-refractivity contribution in [2.24, 2.45) is 10.5 Å². The highest BCUT2D eigenvalue weighted by Crippen LogP contribution is 2.49. The van der Waals surface area contributed by atoms with E-state index in [4.69, 9.17) is 0 Å². The van der Waals surface area contributed by atoms with Gasteiger partial charge in [-0.05, 0) is 48.9 Å². The van der Waals surface area contributed by atoms with E-state index in [1.165, 1.54) is 17.8 Å². The Morgan fingerprint density at radius 1 is 1.56 bits per heavy atom. The minimum absolute atomic E-state index is 0.201. The lowest BCUT2D eigenvalue weighted by atomic mass is 9.76. The predicted octanol–water partition coefficient (Wildman–Crippen LogP) is 2.91. The zero-order chi connectivity index (χ0) is 11.3. The van der Waals surface area contributed by atoms with Crippen LogP contribution < -0.4 is 0 Å². The van der Waals surface area contributed by atoms with Crippen LogP contribution in [-0.2, 0) is 0 Å². The van der Waals surface area contributed by atoms with Gasteiger partial charge in [-0.2, -0.15) is 0 Å². The van der Waals surface area contributed by atoms with E-state index >= 15 is 0 Å². The molecule has 82 valence electrons. The van der Waals surface area contributed by atoms with E-state index in [1.54, 1.807) is 6.08 Å². The number of hydrazone groups is 1. The molecule has 0 saturated carbocycles. The Balaban J connectivity index is 2.15. The van der Waals surface area contributed by atoms with Crippen molar-refractivity contribution in [3.63, 3.8) is 0 Å². The fourth-order valence-corrected chi connectivity index (χ4v) is 3.16. The summed E-state index contributed by atoms with van der Waals surface area (Å²) in [7, 11) is 0. The summed E-state index contributed by atoms with van der Waals surface area (Å²) in [4.78, 5) is 13.0. The number of nitroso groups, excluding NO2 is 1. The highest BCUT2D eigenvalue weighted by atomic mass is 32.2. The van der Waals surface area contributed by atoms with Gasteiger partial charge in [-0.3, -0.25) is 0 Å². The summed E-state index contributed by atoms with van der Waals surface area (Å²) in [6.07, 6.45) is 5.60. The Bertz CT molecular complexity index is 518. The molecule has 0 N–H and O–H groups in total. The van der Waals surface area contributed by atoms with E-state index in [9.17, 15) is 9.30 Å². The summed E-state index contributed by atoms with van der Waals surface area (Å²) < 4.78 is 13.2. The Labute approximate surface area is 96.4 Å². The highest BCUT2D eigenvalue weighted by molar-refractivity contribution is 8.03. The maximum absolute atomic E-state index is 13.2. The molecule has 0 saturated heterocycles.